The summed E-state index contributed by atoms with van der Waals surface area (Å²) in [6.45, 7) is 2.77. The molecule has 1 aliphatic heterocycles. The average molecular weight is 493 g/mol. The van der Waals surface area contributed by atoms with E-state index in [0.717, 1.165) is 10.4 Å². The molecular formula is C21H18F3N5O4S. The van der Waals surface area contributed by atoms with Gasteiger partial charge in [0.15, 0.2) is 5.82 Å². The zero-order valence-corrected chi connectivity index (χ0v) is 18.6. The highest BCUT2D eigenvalue weighted by Crippen LogP contribution is 2.44. The van der Waals surface area contributed by atoms with E-state index >= 15 is 0 Å². The minimum Gasteiger partial charge on any atom is -0.366 e. The molecule has 0 bridgehead atoms. The molecule has 4 N–H and O–H groups in total. The Morgan fingerprint density at radius 3 is 2.41 bits per heavy atom. The Morgan fingerprint density at radius 2 is 1.79 bits per heavy atom. The number of aromatic amines is 1. The molecule has 0 saturated carbocycles. The SMILES string of the molecule is CC1(C)c2[nH]nc(NC(=O)c3c(F)cccc3C(N)=O)c2CN1S(=O)(=O)c1cc(F)cc(F)c1. The van der Waals surface area contributed by atoms with Crippen LogP contribution in [0.3, 0.4) is 0 Å². The zero-order valence-electron chi connectivity index (χ0n) is 17.8. The van der Waals surface area contributed by atoms with Crippen molar-refractivity contribution in [3.63, 3.8) is 0 Å². The van der Waals surface area contributed by atoms with Crippen LogP contribution in [0.15, 0.2) is 41.3 Å². The van der Waals surface area contributed by atoms with Crippen LogP contribution in [-0.2, 0) is 22.1 Å². The molecule has 1 aliphatic rings. The van der Waals surface area contributed by atoms with E-state index in [9.17, 15) is 31.2 Å². The molecule has 0 spiro atoms. The van der Waals surface area contributed by atoms with Gasteiger partial charge in [-0.2, -0.15) is 9.40 Å². The number of carbonyl (C=O) groups excluding carboxylic acids is 2. The van der Waals surface area contributed by atoms with Crippen LogP contribution in [0.2, 0.25) is 0 Å². The van der Waals surface area contributed by atoms with E-state index in [4.69, 9.17) is 5.73 Å². The van der Waals surface area contributed by atoms with Crippen molar-refractivity contribution in [2.45, 2.75) is 30.8 Å². The second kappa shape index (κ2) is 7.95. The van der Waals surface area contributed by atoms with E-state index in [1.807, 2.05) is 0 Å². The lowest BCUT2D eigenvalue weighted by molar-refractivity contribution is 0.0974. The highest BCUT2D eigenvalue weighted by atomic mass is 32.2. The number of hydrogen-bond donors (Lipinski definition) is 3. The number of nitrogens with two attached hydrogens (primary N) is 1. The predicted octanol–water partition coefficient (Wildman–Crippen LogP) is 2.62. The normalized spacial score (nSPS) is 15.2. The maximum atomic E-state index is 14.3. The number of H-pyrrole nitrogens is 1. The molecule has 0 aliphatic carbocycles. The molecule has 2 heterocycles. The highest BCUT2D eigenvalue weighted by molar-refractivity contribution is 7.89. The summed E-state index contributed by atoms with van der Waals surface area (Å²) >= 11 is 0. The number of carbonyl (C=O) groups is 2. The van der Waals surface area contributed by atoms with E-state index in [-0.39, 0.29) is 23.5 Å². The van der Waals surface area contributed by atoms with Crippen molar-refractivity contribution >= 4 is 27.7 Å². The number of sulfonamides is 1. The number of aromatic nitrogens is 2. The molecule has 2 amide bonds. The average Bonchev–Trinajstić information content (AvgIpc) is 3.25. The van der Waals surface area contributed by atoms with Gasteiger partial charge < -0.3 is 11.1 Å². The number of anilines is 1. The number of benzene rings is 2. The molecule has 0 fully saturated rings. The number of amides is 2. The summed E-state index contributed by atoms with van der Waals surface area (Å²) in [5.74, 6) is -5.24. The number of primary amides is 1. The molecule has 3 aromatic rings. The Morgan fingerprint density at radius 1 is 1.15 bits per heavy atom. The third kappa shape index (κ3) is 3.72. The topological polar surface area (TPSA) is 138 Å². The van der Waals surface area contributed by atoms with Gasteiger partial charge in [-0.25, -0.2) is 21.6 Å². The van der Waals surface area contributed by atoms with Crippen molar-refractivity contribution < 1.29 is 31.2 Å². The van der Waals surface area contributed by atoms with E-state index in [2.05, 4.69) is 15.5 Å². The maximum absolute atomic E-state index is 14.3. The molecule has 1 aromatic heterocycles. The molecule has 9 nitrogen and oxygen atoms in total. The molecular weight excluding hydrogens is 475 g/mol. The van der Waals surface area contributed by atoms with Crippen molar-refractivity contribution in [1.82, 2.24) is 14.5 Å². The van der Waals surface area contributed by atoms with Crippen LogP contribution in [0.4, 0.5) is 19.0 Å². The highest BCUT2D eigenvalue weighted by Gasteiger charge is 2.48. The van der Waals surface area contributed by atoms with Gasteiger partial charge in [-0.15, -0.1) is 0 Å². The number of fused-ring (bicyclic) bond motifs is 1. The molecule has 0 radical (unpaired) electrons. The van der Waals surface area contributed by atoms with Crippen LogP contribution in [0.5, 0.6) is 0 Å². The summed E-state index contributed by atoms with van der Waals surface area (Å²) in [7, 11) is -4.38. The van der Waals surface area contributed by atoms with E-state index in [1.54, 1.807) is 0 Å². The second-order valence-electron chi connectivity index (χ2n) is 8.08. The standard InChI is InChI=1S/C21H18F3N5O4S/c1-21(2)17-14(9-29(21)34(32,33)12-7-10(22)6-11(23)8-12)19(28-27-17)26-20(31)16-13(18(25)30)4-3-5-15(16)24/h3-8H,9H2,1-2H3,(H2,25,30)(H2,26,27,28,31). The first-order chi connectivity index (χ1) is 15.8. The van der Waals surface area contributed by atoms with E-state index in [1.165, 1.54) is 26.0 Å². The lowest BCUT2D eigenvalue weighted by atomic mass is 10.0. The van der Waals surface area contributed by atoms with Crippen molar-refractivity contribution in [3.8, 4) is 0 Å². The van der Waals surface area contributed by atoms with Crippen LogP contribution >= 0.6 is 0 Å². The van der Waals surface area contributed by atoms with Crippen molar-refractivity contribution in [2.24, 2.45) is 5.73 Å². The van der Waals surface area contributed by atoms with Gasteiger partial charge >= 0.3 is 0 Å². The molecule has 2 aromatic carbocycles. The summed E-state index contributed by atoms with van der Waals surface area (Å²) in [4.78, 5) is 23.8. The Kier molecular flexibility index (Phi) is 5.49. The fraction of sp³-hybridized carbons (Fsp3) is 0.190. The fourth-order valence-electron chi connectivity index (χ4n) is 3.91. The molecule has 178 valence electrons. The summed E-state index contributed by atoms with van der Waals surface area (Å²) in [6, 6.07) is 5.34. The molecule has 0 unspecified atom stereocenters. The van der Waals surface area contributed by atoms with Crippen LogP contribution < -0.4 is 11.1 Å². The lowest BCUT2D eigenvalue weighted by Gasteiger charge is -2.30. The zero-order chi connectivity index (χ0) is 25.0. The van der Waals surface area contributed by atoms with Crippen LogP contribution in [0.25, 0.3) is 0 Å². The quantitative estimate of drug-likeness (QED) is 0.502. The van der Waals surface area contributed by atoms with Crippen molar-refractivity contribution in [2.75, 3.05) is 5.32 Å². The molecule has 0 atom stereocenters. The first-order valence-corrected chi connectivity index (χ1v) is 11.2. The first kappa shape index (κ1) is 23.4. The van der Waals surface area contributed by atoms with Gasteiger partial charge in [0.05, 0.1) is 27.3 Å². The maximum Gasteiger partial charge on any atom is 0.260 e. The number of hydrogen-bond acceptors (Lipinski definition) is 5. The lowest BCUT2D eigenvalue weighted by Crippen LogP contribution is -2.40. The van der Waals surface area contributed by atoms with Gasteiger partial charge in [0.1, 0.15) is 17.5 Å². The first-order valence-electron chi connectivity index (χ1n) is 9.80. The fourth-order valence-corrected chi connectivity index (χ4v) is 5.68. The van der Waals surface area contributed by atoms with E-state index in [0.29, 0.717) is 23.9 Å². The minimum atomic E-state index is -4.38. The van der Waals surface area contributed by atoms with E-state index < -0.39 is 55.3 Å². The Hall–Kier alpha value is -3.71. The smallest absolute Gasteiger partial charge is 0.260 e. The number of nitrogens with one attached hydrogen (secondary N) is 2. The summed E-state index contributed by atoms with van der Waals surface area (Å²) in [5.41, 5.74) is 3.62. The Balaban J connectivity index is 1.70. The number of rotatable bonds is 5. The van der Waals surface area contributed by atoms with Gasteiger partial charge in [0.25, 0.3) is 5.91 Å². The van der Waals surface area contributed by atoms with Crippen LogP contribution in [0.1, 0.15) is 45.8 Å². The predicted molar refractivity (Wildman–Crippen MR) is 114 cm³/mol. The van der Waals surface area contributed by atoms with Crippen molar-refractivity contribution in [1.29, 1.82) is 0 Å². The minimum absolute atomic E-state index is 0.102. The summed E-state index contributed by atoms with van der Waals surface area (Å²) in [6.07, 6.45) is 0. The van der Waals surface area contributed by atoms with Gasteiger partial charge in [0, 0.05) is 18.2 Å². The van der Waals surface area contributed by atoms with Crippen LogP contribution in [0, 0.1) is 17.5 Å². The third-order valence-electron chi connectivity index (χ3n) is 5.57. The molecule has 4 rings (SSSR count). The molecule has 0 saturated heterocycles. The van der Waals surface area contributed by atoms with Gasteiger partial charge in [0.2, 0.25) is 15.9 Å². The Bertz CT molecular complexity index is 1430. The molecule has 13 heteroatoms. The van der Waals surface area contributed by atoms with Crippen molar-refractivity contribution in [3.05, 3.63) is 76.2 Å². The second-order valence-corrected chi connectivity index (χ2v) is 9.94. The third-order valence-corrected chi connectivity index (χ3v) is 7.56. The summed E-state index contributed by atoms with van der Waals surface area (Å²) in [5, 5.41) is 9.01. The Labute approximate surface area is 191 Å². The number of halogens is 3. The molecule has 34 heavy (non-hydrogen) atoms. The summed E-state index contributed by atoms with van der Waals surface area (Å²) < 4.78 is 69.1. The number of nitrogens with zero attached hydrogens (tertiary/aromatic N) is 2. The van der Waals surface area contributed by atoms with Gasteiger partial charge in [-0.05, 0) is 38.1 Å². The monoisotopic (exact) mass is 493 g/mol. The largest absolute Gasteiger partial charge is 0.366 e. The van der Waals surface area contributed by atoms with Gasteiger partial charge in [-0.1, -0.05) is 6.07 Å². The van der Waals surface area contributed by atoms with Crippen LogP contribution in [-0.4, -0.2) is 34.7 Å². The van der Waals surface area contributed by atoms with Gasteiger partial charge in [-0.3, -0.25) is 14.7 Å².